The Bertz CT molecular complexity index is 498. The fourth-order valence-corrected chi connectivity index (χ4v) is 1.42. The van der Waals surface area contributed by atoms with Gasteiger partial charge in [0.2, 0.25) is 5.91 Å². The van der Waals surface area contributed by atoms with E-state index in [2.05, 4.69) is 10.5 Å². The van der Waals surface area contributed by atoms with E-state index in [-0.39, 0.29) is 5.84 Å². The van der Waals surface area contributed by atoms with Gasteiger partial charge < -0.3 is 16.3 Å². The van der Waals surface area contributed by atoms with E-state index in [0.29, 0.717) is 10.7 Å². The van der Waals surface area contributed by atoms with Crippen molar-refractivity contribution >= 4 is 29.0 Å². The molecule has 0 aliphatic carbocycles. The van der Waals surface area contributed by atoms with E-state index in [1.54, 1.807) is 26.0 Å². The van der Waals surface area contributed by atoms with Crippen LogP contribution in [0.25, 0.3) is 0 Å². The number of anilines is 1. The Morgan fingerprint density at radius 3 is 2.67 bits per heavy atom. The minimum absolute atomic E-state index is 0.163. The highest BCUT2D eigenvalue weighted by atomic mass is 35.5. The first-order chi connectivity index (χ1) is 8.28. The number of aryl methyl sites for hydroxylation is 1. The van der Waals surface area contributed by atoms with Gasteiger partial charge in [-0.1, -0.05) is 22.8 Å². The monoisotopic (exact) mass is 269 g/mol. The molecule has 4 N–H and O–H groups in total. The summed E-state index contributed by atoms with van der Waals surface area (Å²) < 4.78 is 0. The first-order valence-electron chi connectivity index (χ1n) is 5.34. The zero-order valence-corrected chi connectivity index (χ0v) is 11.2. The average Bonchev–Trinajstić information content (AvgIpc) is 2.32. The van der Waals surface area contributed by atoms with Crippen LogP contribution in [-0.4, -0.2) is 17.0 Å². The molecule has 0 radical (unpaired) electrons. The van der Waals surface area contributed by atoms with Crippen LogP contribution in [0.5, 0.6) is 0 Å². The predicted molar refractivity (Wildman–Crippen MR) is 72.0 cm³/mol. The van der Waals surface area contributed by atoms with Crippen molar-refractivity contribution in [1.82, 2.24) is 0 Å². The van der Waals surface area contributed by atoms with Gasteiger partial charge in [0.15, 0.2) is 5.84 Å². The Morgan fingerprint density at radius 1 is 1.50 bits per heavy atom. The van der Waals surface area contributed by atoms with Gasteiger partial charge in [-0.05, 0) is 38.5 Å². The third-order valence-electron chi connectivity index (χ3n) is 2.69. The second-order valence-electron chi connectivity index (χ2n) is 4.55. The molecule has 0 bridgehead atoms. The molecule has 0 aromatic heterocycles. The lowest BCUT2D eigenvalue weighted by Gasteiger charge is -2.22. The lowest BCUT2D eigenvalue weighted by molar-refractivity contribution is -0.121. The maximum absolute atomic E-state index is 12.1. The molecule has 0 spiro atoms. The number of benzene rings is 1. The predicted octanol–water partition coefficient (Wildman–Crippen LogP) is 2.36. The first-order valence-corrected chi connectivity index (χ1v) is 5.72. The molecule has 1 amide bonds. The third-order valence-corrected chi connectivity index (χ3v) is 3.02. The van der Waals surface area contributed by atoms with Crippen molar-refractivity contribution in [1.29, 1.82) is 0 Å². The Morgan fingerprint density at radius 2 is 2.11 bits per heavy atom. The van der Waals surface area contributed by atoms with Crippen LogP contribution in [0.1, 0.15) is 19.4 Å². The van der Waals surface area contributed by atoms with Gasteiger partial charge in [0.25, 0.3) is 0 Å². The molecule has 0 heterocycles. The summed E-state index contributed by atoms with van der Waals surface area (Å²) in [6, 6.07) is 5.29. The van der Waals surface area contributed by atoms with Crippen LogP contribution in [0, 0.1) is 12.3 Å². The largest absolute Gasteiger partial charge is 0.409 e. The van der Waals surface area contributed by atoms with E-state index in [9.17, 15) is 4.79 Å². The lowest BCUT2D eigenvalue weighted by Crippen LogP contribution is -2.42. The van der Waals surface area contributed by atoms with Gasteiger partial charge in [-0.3, -0.25) is 4.79 Å². The maximum Gasteiger partial charge on any atom is 0.237 e. The summed E-state index contributed by atoms with van der Waals surface area (Å²) in [5.41, 5.74) is 5.83. The second kappa shape index (κ2) is 5.27. The third kappa shape index (κ3) is 2.92. The van der Waals surface area contributed by atoms with Crippen LogP contribution < -0.4 is 11.1 Å². The van der Waals surface area contributed by atoms with Crippen LogP contribution in [0.4, 0.5) is 5.69 Å². The molecule has 0 aliphatic heterocycles. The molecule has 1 aromatic rings. The molecule has 0 saturated heterocycles. The lowest BCUT2D eigenvalue weighted by atomic mass is 9.91. The quantitative estimate of drug-likeness (QED) is 0.341. The number of amidine groups is 1. The second-order valence-corrected chi connectivity index (χ2v) is 4.95. The van der Waals surface area contributed by atoms with Gasteiger partial charge in [-0.15, -0.1) is 0 Å². The van der Waals surface area contributed by atoms with Crippen molar-refractivity contribution in [2.75, 3.05) is 5.32 Å². The highest BCUT2D eigenvalue weighted by Crippen LogP contribution is 2.25. The van der Waals surface area contributed by atoms with Crippen LogP contribution in [-0.2, 0) is 4.79 Å². The number of hydrogen-bond acceptors (Lipinski definition) is 3. The molecule has 1 aromatic carbocycles. The fourth-order valence-electron chi connectivity index (χ4n) is 1.25. The number of carbonyl (C=O) groups excluding carboxylic acids is 1. The van der Waals surface area contributed by atoms with E-state index in [4.69, 9.17) is 22.5 Å². The molecule has 0 saturated carbocycles. The summed E-state index contributed by atoms with van der Waals surface area (Å²) in [7, 11) is 0. The molecule has 18 heavy (non-hydrogen) atoms. The number of hydrogen-bond donors (Lipinski definition) is 3. The number of rotatable bonds is 3. The van der Waals surface area contributed by atoms with Crippen molar-refractivity contribution in [3.05, 3.63) is 28.8 Å². The van der Waals surface area contributed by atoms with Crippen molar-refractivity contribution in [3.63, 3.8) is 0 Å². The summed E-state index contributed by atoms with van der Waals surface area (Å²) in [6.07, 6.45) is 0. The molecule has 98 valence electrons. The molecule has 0 unspecified atom stereocenters. The number of carbonyl (C=O) groups is 1. The topological polar surface area (TPSA) is 87.7 Å². The van der Waals surface area contributed by atoms with Crippen molar-refractivity contribution < 1.29 is 10.0 Å². The average molecular weight is 270 g/mol. The molecule has 0 aliphatic rings. The molecule has 5 nitrogen and oxygen atoms in total. The Labute approximate surface area is 111 Å². The highest BCUT2D eigenvalue weighted by molar-refractivity contribution is 6.34. The van der Waals surface area contributed by atoms with Gasteiger partial charge in [-0.25, -0.2) is 0 Å². The normalized spacial score (nSPS) is 12.3. The van der Waals surface area contributed by atoms with E-state index in [1.165, 1.54) is 0 Å². The van der Waals surface area contributed by atoms with Crippen LogP contribution >= 0.6 is 11.6 Å². The Kier molecular flexibility index (Phi) is 4.19. The van der Waals surface area contributed by atoms with Gasteiger partial charge in [0.1, 0.15) is 5.41 Å². The summed E-state index contributed by atoms with van der Waals surface area (Å²) in [4.78, 5) is 12.1. The molecule has 1 rings (SSSR count). The summed E-state index contributed by atoms with van der Waals surface area (Å²) in [6.45, 7) is 5.00. The molecule has 6 heteroatoms. The highest BCUT2D eigenvalue weighted by Gasteiger charge is 2.33. The minimum Gasteiger partial charge on any atom is -0.409 e. The van der Waals surface area contributed by atoms with E-state index in [0.717, 1.165) is 5.56 Å². The number of nitrogens with one attached hydrogen (secondary N) is 1. The molecular weight excluding hydrogens is 254 g/mol. The van der Waals surface area contributed by atoms with Crippen LogP contribution in [0.2, 0.25) is 5.02 Å². The molecule has 0 atom stereocenters. The SMILES string of the molecule is Cc1ccc(Cl)c(NC(=O)C(C)(C)/C(N)=N/O)c1. The zero-order valence-electron chi connectivity index (χ0n) is 10.5. The van der Waals surface area contributed by atoms with Gasteiger partial charge in [0, 0.05) is 0 Å². The van der Waals surface area contributed by atoms with Crippen molar-refractivity contribution in [3.8, 4) is 0 Å². The number of nitrogens with two attached hydrogens (primary N) is 1. The van der Waals surface area contributed by atoms with Gasteiger partial charge >= 0.3 is 0 Å². The van der Waals surface area contributed by atoms with E-state index in [1.807, 2.05) is 13.0 Å². The molecular formula is C12H16ClN3O2. The maximum atomic E-state index is 12.1. The zero-order chi connectivity index (χ0) is 13.9. The summed E-state index contributed by atoms with van der Waals surface area (Å²) in [5, 5.41) is 14.6. The van der Waals surface area contributed by atoms with Gasteiger partial charge in [-0.2, -0.15) is 0 Å². The van der Waals surface area contributed by atoms with Crippen LogP contribution in [0.3, 0.4) is 0 Å². The summed E-state index contributed by atoms with van der Waals surface area (Å²) >= 11 is 5.98. The van der Waals surface area contributed by atoms with Crippen molar-refractivity contribution in [2.24, 2.45) is 16.3 Å². The number of oxime groups is 1. The Balaban J connectivity index is 2.98. The van der Waals surface area contributed by atoms with Crippen molar-refractivity contribution in [2.45, 2.75) is 20.8 Å². The Hall–Kier alpha value is -1.75. The number of nitrogens with zero attached hydrogens (tertiary/aromatic N) is 1. The van der Waals surface area contributed by atoms with Crippen LogP contribution in [0.15, 0.2) is 23.4 Å². The van der Waals surface area contributed by atoms with E-state index >= 15 is 0 Å². The standard InChI is InChI=1S/C12H16ClN3O2/c1-7-4-5-8(13)9(6-7)15-11(17)12(2,3)10(14)16-18/h4-6,18H,1-3H3,(H2,14,16)(H,15,17). The molecule has 0 fully saturated rings. The first kappa shape index (κ1) is 14.3. The fraction of sp³-hybridized carbons (Fsp3) is 0.333. The van der Waals surface area contributed by atoms with E-state index < -0.39 is 11.3 Å². The summed E-state index contributed by atoms with van der Waals surface area (Å²) in [5.74, 6) is -0.561. The number of amides is 1. The van der Waals surface area contributed by atoms with Gasteiger partial charge in [0.05, 0.1) is 10.7 Å². The smallest absolute Gasteiger partial charge is 0.237 e. The minimum atomic E-state index is -1.12. The number of halogens is 1.